The summed E-state index contributed by atoms with van der Waals surface area (Å²) in [5.74, 6) is 0.764. The van der Waals surface area contributed by atoms with Crippen LogP contribution in [-0.4, -0.2) is 53.6 Å². The number of amides is 3. The van der Waals surface area contributed by atoms with Crippen LogP contribution in [-0.2, 0) is 4.79 Å². The van der Waals surface area contributed by atoms with Gasteiger partial charge in [-0.3, -0.25) is 4.79 Å². The van der Waals surface area contributed by atoms with Crippen LogP contribution >= 0.6 is 0 Å². The Morgan fingerprint density at radius 1 is 1.32 bits per heavy atom. The van der Waals surface area contributed by atoms with Gasteiger partial charge in [0, 0.05) is 26.7 Å². The minimum atomic E-state index is -0.386. The zero-order valence-electron chi connectivity index (χ0n) is 13.3. The van der Waals surface area contributed by atoms with Crippen LogP contribution in [0, 0.1) is 19.3 Å². The number of aromatic nitrogens is 1. The third-order valence-electron chi connectivity index (χ3n) is 4.86. The molecule has 2 aliphatic heterocycles. The third kappa shape index (κ3) is 2.34. The van der Waals surface area contributed by atoms with E-state index >= 15 is 0 Å². The van der Waals surface area contributed by atoms with Crippen molar-refractivity contribution in [1.29, 1.82) is 0 Å². The van der Waals surface area contributed by atoms with Crippen LogP contribution in [0.3, 0.4) is 0 Å². The second-order valence-corrected chi connectivity index (χ2v) is 6.41. The molecule has 1 N–H and O–H groups in total. The molecular weight excluding hydrogens is 284 g/mol. The van der Waals surface area contributed by atoms with Gasteiger partial charge in [0.25, 0.3) is 0 Å². The lowest BCUT2D eigenvalue weighted by atomic mass is 9.78. The minimum absolute atomic E-state index is 0.173. The van der Waals surface area contributed by atoms with Gasteiger partial charge < -0.3 is 19.6 Å². The molecule has 0 unspecified atom stereocenters. The number of likely N-dealkylation sites (tertiary alicyclic amines) is 2. The Bertz CT molecular complexity index is 592. The second kappa shape index (κ2) is 5.30. The summed E-state index contributed by atoms with van der Waals surface area (Å²) in [4.78, 5) is 28.5. The molecule has 3 rings (SSSR count). The van der Waals surface area contributed by atoms with Crippen LogP contribution in [0.15, 0.2) is 4.52 Å². The molecule has 1 aromatic heterocycles. The van der Waals surface area contributed by atoms with Crippen molar-refractivity contribution < 1.29 is 14.1 Å². The highest BCUT2D eigenvalue weighted by molar-refractivity contribution is 5.92. The van der Waals surface area contributed by atoms with Crippen LogP contribution in [0.1, 0.15) is 30.7 Å². The van der Waals surface area contributed by atoms with E-state index in [-0.39, 0.29) is 17.4 Å². The first kappa shape index (κ1) is 14.9. The summed E-state index contributed by atoms with van der Waals surface area (Å²) < 4.78 is 5.06. The van der Waals surface area contributed by atoms with Crippen LogP contribution < -0.4 is 5.32 Å². The average Bonchev–Trinajstić information content (AvgIpc) is 3.04. The fourth-order valence-electron chi connectivity index (χ4n) is 3.54. The summed E-state index contributed by atoms with van der Waals surface area (Å²) in [7, 11) is 1.84. The summed E-state index contributed by atoms with van der Waals surface area (Å²) in [6.07, 6.45) is 2.61. The molecule has 1 aromatic rings. The predicted molar refractivity (Wildman–Crippen MR) is 80.5 cm³/mol. The first-order chi connectivity index (χ1) is 10.4. The fraction of sp³-hybridized carbons (Fsp3) is 0.667. The number of hydrogen-bond acceptors (Lipinski definition) is 4. The highest BCUT2D eigenvalue weighted by Gasteiger charge is 2.48. The smallest absolute Gasteiger partial charge is 0.322 e. The molecule has 0 aliphatic carbocycles. The van der Waals surface area contributed by atoms with E-state index in [1.54, 1.807) is 23.6 Å². The maximum atomic E-state index is 12.5. The van der Waals surface area contributed by atoms with Crippen molar-refractivity contribution >= 4 is 17.6 Å². The molecule has 2 aliphatic rings. The Morgan fingerprint density at radius 3 is 2.77 bits per heavy atom. The topological polar surface area (TPSA) is 78.7 Å². The van der Waals surface area contributed by atoms with E-state index in [2.05, 4.69) is 10.5 Å². The van der Waals surface area contributed by atoms with Crippen LogP contribution in [0.25, 0.3) is 0 Å². The third-order valence-corrected chi connectivity index (χ3v) is 4.86. The number of anilines is 1. The molecule has 0 saturated carbocycles. The molecule has 3 heterocycles. The summed E-state index contributed by atoms with van der Waals surface area (Å²) in [5.41, 5.74) is 0.898. The van der Waals surface area contributed by atoms with Crippen molar-refractivity contribution in [2.45, 2.75) is 33.1 Å². The van der Waals surface area contributed by atoms with Crippen LogP contribution in [0.4, 0.5) is 10.5 Å². The van der Waals surface area contributed by atoms with Gasteiger partial charge >= 0.3 is 6.03 Å². The van der Waals surface area contributed by atoms with Crippen molar-refractivity contribution in [2.75, 3.05) is 32.0 Å². The SMILES string of the molecule is Cc1noc(C)c1NC(=O)N1CC[C@]2(CCCN(C)C2=O)C1. The second-order valence-electron chi connectivity index (χ2n) is 6.41. The number of nitrogens with one attached hydrogen (secondary N) is 1. The maximum Gasteiger partial charge on any atom is 0.322 e. The van der Waals surface area contributed by atoms with Crippen molar-refractivity contribution in [3.8, 4) is 0 Å². The highest BCUT2D eigenvalue weighted by atomic mass is 16.5. The van der Waals surface area contributed by atoms with Gasteiger partial charge in [0.15, 0.2) is 5.76 Å². The molecule has 3 amide bonds. The fourth-order valence-corrected chi connectivity index (χ4v) is 3.54. The van der Waals surface area contributed by atoms with Crippen molar-refractivity contribution in [3.63, 3.8) is 0 Å². The van der Waals surface area contributed by atoms with Gasteiger partial charge in [-0.25, -0.2) is 4.79 Å². The van der Waals surface area contributed by atoms with E-state index in [0.29, 0.717) is 30.2 Å². The summed E-state index contributed by atoms with van der Waals surface area (Å²) in [6.45, 7) is 5.46. The number of nitrogens with zero attached hydrogens (tertiary/aromatic N) is 3. The number of carbonyl (C=O) groups excluding carboxylic acids is 2. The number of carbonyl (C=O) groups is 2. The van der Waals surface area contributed by atoms with E-state index in [1.165, 1.54) is 0 Å². The lowest BCUT2D eigenvalue weighted by Gasteiger charge is -2.37. The van der Waals surface area contributed by atoms with Crippen LogP contribution in [0.2, 0.25) is 0 Å². The number of aryl methyl sites for hydroxylation is 2. The van der Waals surface area contributed by atoms with E-state index in [1.807, 2.05) is 7.05 Å². The lowest BCUT2D eigenvalue weighted by molar-refractivity contribution is -0.143. The van der Waals surface area contributed by atoms with E-state index in [0.717, 1.165) is 25.8 Å². The molecule has 7 nitrogen and oxygen atoms in total. The Hall–Kier alpha value is -2.05. The zero-order valence-corrected chi connectivity index (χ0v) is 13.3. The van der Waals surface area contributed by atoms with Crippen molar-refractivity contribution in [2.24, 2.45) is 5.41 Å². The lowest BCUT2D eigenvalue weighted by Crippen LogP contribution is -2.49. The molecule has 0 aromatic carbocycles. The molecule has 1 atom stereocenters. The Balaban J connectivity index is 1.70. The first-order valence-corrected chi connectivity index (χ1v) is 7.67. The van der Waals surface area contributed by atoms with Gasteiger partial charge in [-0.2, -0.15) is 0 Å². The van der Waals surface area contributed by atoms with Gasteiger partial charge in [0.2, 0.25) is 5.91 Å². The van der Waals surface area contributed by atoms with Gasteiger partial charge in [0.1, 0.15) is 11.4 Å². The summed E-state index contributed by atoms with van der Waals surface area (Å²) >= 11 is 0. The van der Waals surface area contributed by atoms with E-state index in [4.69, 9.17) is 4.52 Å². The molecule has 22 heavy (non-hydrogen) atoms. The monoisotopic (exact) mass is 306 g/mol. The molecule has 1 spiro atoms. The summed E-state index contributed by atoms with van der Waals surface area (Å²) in [5, 5.41) is 6.69. The van der Waals surface area contributed by atoms with Crippen LogP contribution in [0.5, 0.6) is 0 Å². The molecule has 120 valence electrons. The number of piperidine rings is 1. The normalized spacial score (nSPS) is 25.1. The van der Waals surface area contributed by atoms with Gasteiger partial charge in [-0.15, -0.1) is 0 Å². The minimum Gasteiger partial charge on any atom is -0.359 e. The van der Waals surface area contributed by atoms with Crippen molar-refractivity contribution in [3.05, 3.63) is 11.5 Å². The number of urea groups is 1. The largest absolute Gasteiger partial charge is 0.359 e. The average molecular weight is 306 g/mol. The molecule has 0 bridgehead atoms. The predicted octanol–water partition coefficient (Wildman–Crippen LogP) is 1.77. The van der Waals surface area contributed by atoms with E-state index < -0.39 is 0 Å². The first-order valence-electron chi connectivity index (χ1n) is 7.67. The number of hydrogen-bond donors (Lipinski definition) is 1. The Morgan fingerprint density at radius 2 is 2.09 bits per heavy atom. The standard InChI is InChI=1S/C15H22N4O3/c1-10-12(11(2)22-17-10)16-14(21)19-8-6-15(9-19)5-4-7-18(3)13(15)20/h4-9H2,1-3H3,(H,16,21)/t15-/m1/s1. The molecule has 2 saturated heterocycles. The van der Waals surface area contributed by atoms with Gasteiger partial charge in [0.05, 0.1) is 5.41 Å². The maximum absolute atomic E-state index is 12.5. The highest BCUT2D eigenvalue weighted by Crippen LogP contribution is 2.39. The zero-order chi connectivity index (χ0) is 15.9. The molecule has 7 heteroatoms. The van der Waals surface area contributed by atoms with Gasteiger partial charge in [-0.05, 0) is 33.1 Å². The molecule has 0 radical (unpaired) electrons. The quantitative estimate of drug-likeness (QED) is 0.857. The molecule has 2 fully saturated rings. The molecular formula is C15H22N4O3. The van der Waals surface area contributed by atoms with Crippen molar-refractivity contribution in [1.82, 2.24) is 15.0 Å². The van der Waals surface area contributed by atoms with E-state index in [9.17, 15) is 9.59 Å². The van der Waals surface area contributed by atoms with Gasteiger partial charge in [-0.1, -0.05) is 5.16 Å². The Labute approximate surface area is 129 Å². The number of rotatable bonds is 1. The summed E-state index contributed by atoms with van der Waals surface area (Å²) in [6, 6.07) is -0.188. The Kier molecular flexibility index (Phi) is 3.58.